The lowest BCUT2D eigenvalue weighted by atomic mass is 10.1. The summed E-state index contributed by atoms with van der Waals surface area (Å²) >= 11 is 1.83. The van der Waals surface area contributed by atoms with Crippen LogP contribution in [0.1, 0.15) is 30.3 Å². The standard InChI is InChI=1S/C16H22N2S/c1-12(11-16-5-4-10-19-16)18(3)15-8-6-14(7-9-15)13(2)17/h4-10,12-13H,11,17H2,1-3H3/t12?,13-/m0/s1. The second-order valence-corrected chi connectivity index (χ2v) is 6.16. The van der Waals surface area contributed by atoms with Crippen LogP contribution in [-0.4, -0.2) is 13.1 Å². The molecule has 1 unspecified atom stereocenters. The lowest BCUT2D eigenvalue weighted by Gasteiger charge is -2.27. The molecule has 1 aromatic carbocycles. The van der Waals surface area contributed by atoms with Crippen LogP contribution in [0.2, 0.25) is 0 Å². The van der Waals surface area contributed by atoms with Gasteiger partial charge in [0.05, 0.1) is 0 Å². The molecular weight excluding hydrogens is 252 g/mol. The van der Waals surface area contributed by atoms with Crippen molar-refractivity contribution in [2.24, 2.45) is 5.73 Å². The minimum Gasteiger partial charge on any atom is -0.372 e. The Morgan fingerprint density at radius 2 is 1.84 bits per heavy atom. The van der Waals surface area contributed by atoms with Gasteiger partial charge in [-0.15, -0.1) is 11.3 Å². The largest absolute Gasteiger partial charge is 0.372 e. The van der Waals surface area contributed by atoms with Crippen LogP contribution in [-0.2, 0) is 6.42 Å². The van der Waals surface area contributed by atoms with Gasteiger partial charge < -0.3 is 10.6 Å². The summed E-state index contributed by atoms with van der Waals surface area (Å²) in [4.78, 5) is 3.76. The maximum atomic E-state index is 5.88. The van der Waals surface area contributed by atoms with Gasteiger partial charge in [-0.2, -0.15) is 0 Å². The zero-order valence-corrected chi connectivity index (χ0v) is 12.7. The molecule has 2 atom stereocenters. The van der Waals surface area contributed by atoms with Crippen LogP contribution in [0.25, 0.3) is 0 Å². The third-order valence-corrected chi connectivity index (χ3v) is 4.46. The van der Waals surface area contributed by atoms with Gasteiger partial charge in [0.25, 0.3) is 0 Å². The first-order valence-electron chi connectivity index (χ1n) is 6.68. The Hall–Kier alpha value is -1.32. The average Bonchev–Trinajstić information content (AvgIpc) is 2.90. The van der Waals surface area contributed by atoms with Crippen molar-refractivity contribution in [2.45, 2.75) is 32.4 Å². The van der Waals surface area contributed by atoms with Gasteiger partial charge in [0, 0.05) is 36.1 Å². The van der Waals surface area contributed by atoms with Crippen molar-refractivity contribution < 1.29 is 0 Å². The number of nitrogens with two attached hydrogens (primary N) is 1. The van der Waals surface area contributed by atoms with Crippen molar-refractivity contribution in [3.8, 4) is 0 Å². The number of hydrogen-bond donors (Lipinski definition) is 1. The number of nitrogens with zero attached hydrogens (tertiary/aromatic N) is 1. The number of anilines is 1. The number of benzene rings is 1. The van der Waals surface area contributed by atoms with Gasteiger partial charge in [-0.05, 0) is 43.0 Å². The second-order valence-electron chi connectivity index (χ2n) is 5.12. The van der Waals surface area contributed by atoms with Crippen LogP contribution in [0, 0.1) is 0 Å². The van der Waals surface area contributed by atoms with E-state index in [1.54, 1.807) is 0 Å². The molecule has 0 saturated carbocycles. The quantitative estimate of drug-likeness (QED) is 0.897. The molecule has 19 heavy (non-hydrogen) atoms. The first kappa shape index (κ1) is 14.1. The van der Waals surface area contributed by atoms with Crippen LogP contribution in [0.3, 0.4) is 0 Å². The molecule has 0 aliphatic carbocycles. The zero-order valence-electron chi connectivity index (χ0n) is 11.8. The zero-order chi connectivity index (χ0) is 13.8. The van der Waals surface area contributed by atoms with Crippen LogP contribution in [0.5, 0.6) is 0 Å². The van der Waals surface area contributed by atoms with E-state index < -0.39 is 0 Å². The van der Waals surface area contributed by atoms with Crippen LogP contribution in [0.4, 0.5) is 5.69 Å². The summed E-state index contributed by atoms with van der Waals surface area (Å²) in [7, 11) is 2.15. The molecule has 102 valence electrons. The summed E-state index contributed by atoms with van der Waals surface area (Å²) in [6, 6.07) is 13.5. The number of rotatable bonds is 5. The Morgan fingerprint density at radius 1 is 1.16 bits per heavy atom. The molecule has 1 heterocycles. The van der Waals surface area contributed by atoms with E-state index in [0.717, 1.165) is 6.42 Å². The van der Waals surface area contributed by atoms with Gasteiger partial charge >= 0.3 is 0 Å². The van der Waals surface area contributed by atoms with Crippen molar-refractivity contribution in [3.63, 3.8) is 0 Å². The number of likely N-dealkylation sites (N-methyl/N-ethyl adjacent to an activating group) is 1. The maximum absolute atomic E-state index is 5.88. The Kier molecular flexibility index (Phi) is 4.61. The molecule has 0 fully saturated rings. The van der Waals surface area contributed by atoms with Crippen LogP contribution in [0.15, 0.2) is 41.8 Å². The van der Waals surface area contributed by atoms with E-state index in [-0.39, 0.29) is 6.04 Å². The maximum Gasteiger partial charge on any atom is 0.0366 e. The third-order valence-electron chi connectivity index (χ3n) is 3.56. The Morgan fingerprint density at radius 3 is 2.37 bits per heavy atom. The van der Waals surface area contributed by atoms with E-state index in [1.165, 1.54) is 16.1 Å². The summed E-state index contributed by atoms with van der Waals surface area (Å²) in [5.41, 5.74) is 8.31. The first-order valence-corrected chi connectivity index (χ1v) is 7.56. The van der Waals surface area contributed by atoms with E-state index in [2.05, 4.69) is 60.6 Å². The molecule has 2 rings (SSSR count). The number of thiophene rings is 1. The highest BCUT2D eigenvalue weighted by atomic mass is 32.1. The van der Waals surface area contributed by atoms with Crippen molar-refractivity contribution >= 4 is 17.0 Å². The highest BCUT2D eigenvalue weighted by Gasteiger charge is 2.11. The van der Waals surface area contributed by atoms with Crippen molar-refractivity contribution in [1.82, 2.24) is 0 Å². The molecule has 0 spiro atoms. The van der Waals surface area contributed by atoms with Gasteiger partial charge in [0.1, 0.15) is 0 Å². The molecule has 0 amide bonds. The van der Waals surface area contributed by atoms with E-state index in [4.69, 9.17) is 5.73 Å². The smallest absolute Gasteiger partial charge is 0.0366 e. The first-order chi connectivity index (χ1) is 9.08. The molecule has 2 nitrogen and oxygen atoms in total. The minimum absolute atomic E-state index is 0.0999. The highest BCUT2D eigenvalue weighted by Crippen LogP contribution is 2.21. The van der Waals surface area contributed by atoms with Gasteiger partial charge in [-0.3, -0.25) is 0 Å². The topological polar surface area (TPSA) is 29.3 Å². The summed E-state index contributed by atoms with van der Waals surface area (Å²) in [5.74, 6) is 0. The molecule has 3 heteroatoms. The lowest BCUT2D eigenvalue weighted by molar-refractivity contribution is 0.688. The molecule has 0 aliphatic rings. The fourth-order valence-electron chi connectivity index (χ4n) is 2.12. The molecule has 2 aromatic rings. The predicted molar refractivity (Wildman–Crippen MR) is 84.9 cm³/mol. The van der Waals surface area contributed by atoms with Crippen molar-refractivity contribution in [3.05, 3.63) is 52.2 Å². The summed E-state index contributed by atoms with van der Waals surface area (Å²) in [6.45, 7) is 4.28. The molecule has 0 saturated heterocycles. The fraction of sp³-hybridized carbons (Fsp3) is 0.375. The van der Waals surface area contributed by atoms with Gasteiger partial charge in [-0.25, -0.2) is 0 Å². The van der Waals surface area contributed by atoms with Crippen LogP contribution < -0.4 is 10.6 Å². The van der Waals surface area contributed by atoms with Crippen LogP contribution >= 0.6 is 11.3 Å². The monoisotopic (exact) mass is 274 g/mol. The van der Waals surface area contributed by atoms with Gasteiger partial charge in [-0.1, -0.05) is 18.2 Å². The third kappa shape index (κ3) is 3.58. The Bertz CT molecular complexity index is 488. The van der Waals surface area contributed by atoms with E-state index in [1.807, 2.05) is 18.3 Å². The van der Waals surface area contributed by atoms with E-state index in [9.17, 15) is 0 Å². The molecular formula is C16H22N2S. The molecule has 0 radical (unpaired) electrons. The molecule has 2 N–H and O–H groups in total. The minimum atomic E-state index is 0.0999. The second kappa shape index (κ2) is 6.22. The summed E-state index contributed by atoms with van der Waals surface area (Å²) in [5, 5.41) is 2.14. The average molecular weight is 274 g/mol. The lowest BCUT2D eigenvalue weighted by Crippen LogP contribution is -2.30. The molecule has 0 aliphatic heterocycles. The Labute approximate surface area is 119 Å². The van der Waals surface area contributed by atoms with E-state index >= 15 is 0 Å². The van der Waals surface area contributed by atoms with E-state index in [0.29, 0.717) is 6.04 Å². The Balaban J connectivity index is 2.04. The van der Waals surface area contributed by atoms with Crippen molar-refractivity contribution in [1.29, 1.82) is 0 Å². The van der Waals surface area contributed by atoms with Crippen molar-refractivity contribution in [2.75, 3.05) is 11.9 Å². The normalized spacial score (nSPS) is 14.1. The SMILES string of the molecule is CC(Cc1cccs1)N(C)c1ccc([C@H](C)N)cc1. The summed E-state index contributed by atoms with van der Waals surface area (Å²) in [6.07, 6.45) is 1.09. The fourth-order valence-corrected chi connectivity index (χ4v) is 2.95. The molecule has 0 bridgehead atoms. The number of hydrogen-bond acceptors (Lipinski definition) is 3. The molecule has 1 aromatic heterocycles. The highest BCUT2D eigenvalue weighted by molar-refractivity contribution is 7.09. The van der Waals surface area contributed by atoms with Gasteiger partial charge in [0.15, 0.2) is 0 Å². The summed E-state index contributed by atoms with van der Waals surface area (Å²) < 4.78 is 0. The van der Waals surface area contributed by atoms with Gasteiger partial charge in [0.2, 0.25) is 0 Å². The predicted octanol–water partition coefficient (Wildman–Crippen LogP) is 3.84.